The molecule has 0 fully saturated rings. The Morgan fingerprint density at radius 2 is 1.72 bits per heavy atom. The summed E-state index contributed by atoms with van der Waals surface area (Å²) in [5, 5.41) is 1.54. The fourth-order valence-electron chi connectivity index (χ4n) is 1.69. The highest BCUT2D eigenvalue weighted by Crippen LogP contribution is 2.31. The molecule has 0 aliphatic rings. The zero-order valence-electron chi connectivity index (χ0n) is 9.20. The molecule has 0 unspecified atom stereocenters. The zero-order chi connectivity index (χ0) is 13.2. The average Bonchev–Trinajstić information content (AvgIpc) is 2.34. The van der Waals surface area contributed by atoms with Crippen molar-refractivity contribution in [3.8, 4) is 0 Å². The summed E-state index contributed by atoms with van der Waals surface area (Å²) < 4.78 is 36.2. The van der Waals surface area contributed by atoms with Crippen LogP contribution in [-0.4, -0.2) is 17.0 Å². The normalized spacial score (nSPS) is 11.7. The summed E-state index contributed by atoms with van der Waals surface area (Å²) >= 11 is -0.304. The van der Waals surface area contributed by atoms with Crippen molar-refractivity contribution < 1.29 is 18.0 Å². The molecule has 0 saturated heterocycles. The van der Waals surface area contributed by atoms with E-state index in [-0.39, 0.29) is 11.8 Å². The Bertz CT molecular complexity index is 572. The van der Waals surface area contributed by atoms with Crippen LogP contribution < -0.4 is 0 Å². The maximum Gasteiger partial charge on any atom is 0.442 e. The highest BCUT2D eigenvalue weighted by atomic mass is 32.2. The van der Waals surface area contributed by atoms with E-state index in [1.54, 1.807) is 24.3 Å². The third-order valence-corrected chi connectivity index (χ3v) is 3.19. The van der Waals surface area contributed by atoms with E-state index in [0.29, 0.717) is 10.9 Å². The number of Topliss-reactive ketones (excluding diaryl/α,β-unsaturated/α-hetero) is 1. The molecule has 2 aromatic carbocycles. The van der Waals surface area contributed by atoms with Gasteiger partial charge in [0, 0.05) is 5.56 Å². The molecule has 0 saturated carbocycles. The molecule has 0 aliphatic heterocycles. The van der Waals surface area contributed by atoms with E-state index >= 15 is 0 Å². The molecule has 0 heterocycles. The Hall–Kier alpha value is -1.49. The average molecular weight is 270 g/mol. The first kappa shape index (κ1) is 13.0. The van der Waals surface area contributed by atoms with Crippen LogP contribution in [-0.2, 0) is 0 Å². The predicted molar refractivity (Wildman–Crippen MR) is 66.8 cm³/mol. The fourth-order valence-corrected chi connectivity index (χ4v) is 2.14. The minimum absolute atomic E-state index is 0.304. The van der Waals surface area contributed by atoms with E-state index in [1.807, 2.05) is 18.2 Å². The standard InChI is InChI=1S/C13H9F3OS/c14-13(15,16)18-8-12(17)11-7-3-5-9-4-1-2-6-10(9)11/h1-7H,8H2. The van der Waals surface area contributed by atoms with Gasteiger partial charge >= 0.3 is 5.51 Å². The first-order chi connectivity index (χ1) is 8.47. The topological polar surface area (TPSA) is 17.1 Å². The van der Waals surface area contributed by atoms with Crippen molar-refractivity contribution in [3.05, 3.63) is 48.0 Å². The highest BCUT2D eigenvalue weighted by Gasteiger charge is 2.29. The number of halogens is 3. The van der Waals surface area contributed by atoms with Crippen molar-refractivity contribution in [3.63, 3.8) is 0 Å². The van der Waals surface area contributed by atoms with Crippen LogP contribution in [0.3, 0.4) is 0 Å². The Morgan fingerprint density at radius 3 is 2.44 bits per heavy atom. The number of carbonyl (C=O) groups is 1. The van der Waals surface area contributed by atoms with Crippen LogP contribution in [0.2, 0.25) is 0 Å². The summed E-state index contributed by atoms with van der Waals surface area (Å²) in [7, 11) is 0. The van der Waals surface area contributed by atoms with E-state index in [0.717, 1.165) is 5.39 Å². The van der Waals surface area contributed by atoms with Gasteiger partial charge < -0.3 is 0 Å². The van der Waals surface area contributed by atoms with E-state index in [1.165, 1.54) is 0 Å². The lowest BCUT2D eigenvalue weighted by molar-refractivity contribution is -0.0327. The van der Waals surface area contributed by atoms with Crippen molar-refractivity contribution in [2.45, 2.75) is 5.51 Å². The molecule has 0 amide bonds. The summed E-state index contributed by atoms with van der Waals surface area (Å²) in [6.07, 6.45) is 0. The number of rotatable bonds is 3. The van der Waals surface area contributed by atoms with Crippen LogP contribution >= 0.6 is 11.8 Å². The maximum atomic E-state index is 12.1. The van der Waals surface area contributed by atoms with E-state index in [4.69, 9.17) is 0 Å². The van der Waals surface area contributed by atoms with Crippen molar-refractivity contribution in [2.24, 2.45) is 0 Å². The molecule has 0 radical (unpaired) electrons. The first-order valence-electron chi connectivity index (χ1n) is 5.19. The number of fused-ring (bicyclic) bond motifs is 1. The van der Waals surface area contributed by atoms with Gasteiger partial charge in [0.2, 0.25) is 0 Å². The number of hydrogen-bond donors (Lipinski definition) is 0. The first-order valence-corrected chi connectivity index (χ1v) is 6.17. The lowest BCUT2D eigenvalue weighted by atomic mass is 10.0. The number of thioether (sulfide) groups is 1. The Labute approximate surface area is 106 Å². The van der Waals surface area contributed by atoms with Gasteiger partial charge in [-0.2, -0.15) is 13.2 Å². The molecule has 2 aromatic rings. The van der Waals surface area contributed by atoms with Crippen LogP contribution in [0, 0.1) is 0 Å². The molecule has 0 spiro atoms. The van der Waals surface area contributed by atoms with Crippen molar-refractivity contribution >= 4 is 28.3 Å². The van der Waals surface area contributed by atoms with Crippen LogP contribution in [0.4, 0.5) is 13.2 Å². The van der Waals surface area contributed by atoms with Gasteiger partial charge in [-0.25, -0.2) is 0 Å². The number of alkyl halides is 3. The van der Waals surface area contributed by atoms with E-state index in [9.17, 15) is 18.0 Å². The third kappa shape index (κ3) is 3.04. The molecule has 0 N–H and O–H groups in total. The van der Waals surface area contributed by atoms with Gasteiger partial charge in [-0.3, -0.25) is 4.79 Å². The predicted octanol–water partition coefficient (Wildman–Crippen LogP) is 4.28. The number of ketones is 1. The molecule has 0 atom stereocenters. The largest absolute Gasteiger partial charge is 0.442 e. The molecule has 0 aromatic heterocycles. The molecule has 2 rings (SSSR count). The van der Waals surface area contributed by atoms with Gasteiger partial charge in [0.05, 0.1) is 5.75 Å². The Balaban J connectivity index is 2.28. The molecule has 1 nitrogen and oxygen atoms in total. The van der Waals surface area contributed by atoms with E-state index in [2.05, 4.69) is 0 Å². The summed E-state index contributed by atoms with van der Waals surface area (Å²) in [6.45, 7) is 0. The summed E-state index contributed by atoms with van der Waals surface area (Å²) in [4.78, 5) is 11.8. The smallest absolute Gasteiger partial charge is 0.293 e. The quantitative estimate of drug-likeness (QED) is 0.774. The number of benzene rings is 2. The van der Waals surface area contributed by atoms with Crippen LogP contribution in [0.25, 0.3) is 10.8 Å². The van der Waals surface area contributed by atoms with Crippen LogP contribution in [0.1, 0.15) is 10.4 Å². The van der Waals surface area contributed by atoms with Gasteiger partial charge in [-0.1, -0.05) is 42.5 Å². The van der Waals surface area contributed by atoms with Gasteiger partial charge in [0.1, 0.15) is 0 Å². The van der Waals surface area contributed by atoms with Crippen LogP contribution in [0.5, 0.6) is 0 Å². The van der Waals surface area contributed by atoms with Gasteiger partial charge in [-0.05, 0) is 22.5 Å². The number of carbonyl (C=O) groups excluding carboxylic acids is 1. The highest BCUT2D eigenvalue weighted by molar-refractivity contribution is 8.00. The van der Waals surface area contributed by atoms with Crippen molar-refractivity contribution in [1.82, 2.24) is 0 Å². The summed E-state index contributed by atoms with van der Waals surface area (Å²) in [6, 6.07) is 12.2. The van der Waals surface area contributed by atoms with Crippen LogP contribution in [0.15, 0.2) is 42.5 Å². The molecule has 5 heteroatoms. The van der Waals surface area contributed by atoms with Gasteiger partial charge in [0.25, 0.3) is 0 Å². The zero-order valence-corrected chi connectivity index (χ0v) is 10.0. The molecule has 18 heavy (non-hydrogen) atoms. The lowest BCUT2D eigenvalue weighted by Gasteiger charge is -2.07. The molecule has 0 bridgehead atoms. The molecular weight excluding hydrogens is 261 g/mol. The van der Waals surface area contributed by atoms with E-state index < -0.39 is 17.0 Å². The molecule has 94 valence electrons. The third-order valence-electron chi connectivity index (χ3n) is 2.46. The minimum Gasteiger partial charge on any atom is -0.293 e. The Morgan fingerprint density at radius 1 is 1.06 bits per heavy atom. The molecular formula is C13H9F3OS. The summed E-state index contributed by atoms with van der Waals surface area (Å²) in [5.74, 6) is -1.09. The molecule has 0 aliphatic carbocycles. The van der Waals surface area contributed by atoms with Gasteiger partial charge in [0.15, 0.2) is 5.78 Å². The Kier molecular flexibility index (Phi) is 3.61. The van der Waals surface area contributed by atoms with Crippen molar-refractivity contribution in [2.75, 3.05) is 5.75 Å². The second-order valence-electron chi connectivity index (χ2n) is 3.68. The minimum atomic E-state index is -4.37. The second kappa shape index (κ2) is 5.02. The van der Waals surface area contributed by atoms with Gasteiger partial charge in [-0.15, -0.1) is 0 Å². The second-order valence-corrected chi connectivity index (χ2v) is 4.72. The monoisotopic (exact) mass is 270 g/mol. The fraction of sp³-hybridized carbons (Fsp3) is 0.154. The maximum absolute atomic E-state index is 12.1. The SMILES string of the molecule is O=C(CSC(F)(F)F)c1cccc2ccccc12. The summed E-state index contributed by atoms with van der Waals surface area (Å²) in [5.41, 5.74) is -4.04. The number of hydrogen-bond acceptors (Lipinski definition) is 2. The van der Waals surface area contributed by atoms with Crippen molar-refractivity contribution in [1.29, 1.82) is 0 Å². The lowest BCUT2D eigenvalue weighted by Crippen LogP contribution is -2.09.